The van der Waals surface area contributed by atoms with Gasteiger partial charge in [-0.3, -0.25) is 0 Å². The van der Waals surface area contributed by atoms with E-state index in [0.717, 1.165) is 25.4 Å². The van der Waals surface area contributed by atoms with Crippen LogP contribution in [0.4, 0.5) is 0 Å². The van der Waals surface area contributed by atoms with Gasteiger partial charge in [-0.05, 0) is 33.1 Å². The second-order valence-electron chi connectivity index (χ2n) is 4.44. The van der Waals surface area contributed by atoms with Crippen LogP contribution in [0.25, 0.3) is 0 Å². The van der Waals surface area contributed by atoms with Crippen LogP contribution < -0.4 is 10.1 Å². The van der Waals surface area contributed by atoms with Gasteiger partial charge in [-0.2, -0.15) is 0 Å². The van der Waals surface area contributed by atoms with Gasteiger partial charge in [-0.15, -0.1) is 0 Å². The van der Waals surface area contributed by atoms with E-state index in [2.05, 4.69) is 49.3 Å². The minimum Gasteiger partial charge on any atom is -0.494 e. The molecule has 0 saturated heterocycles. The van der Waals surface area contributed by atoms with E-state index >= 15 is 0 Å². The number of rotatable bonds is 8. The Kier molecular flexibility index (Phi) is 6.76. The minimum absolute atomic E-state index is 0.322. The molecule has 0 aliphatic rings. The lowest BCUT2D eigenvalue weighted by Gasteiger charge is -2.25. The number of nitrogens with one attached hydrogen (secondary N) is 1. The first-order chi connectivity index (χ1) is 8.72. The van der Waals surface area contributed by atoms with Crippen LogP contribution in [0, 0.1) is 0 Å². The predicted octanol–water partition coefficient (Wildman–Crippen LogP) is 2.69. The fraction of sp³-hybridized carbons (Fsp3) is 0.600. The van der Waals surface area contributed by atoms with Crippen molar-refractivity contribution in [2.75, 3.05) is 33.3 Å². The molecule has 0 aromatic heterocycles. The number of ether oxygens (including phenoxy) is 1. The van der Waals surface area contributed by atoms with Crippen molar-refractivity contribution in [3.63, 3.8) is 0 Å². The van der Waals surface area contributed by atoms with Crippen molar-refractivity contribution in [2.24, 2.45) is 0 Å². The zero-order valence-corrected chi connectivity index (χ0v) is 12.1. The van der Waals surface area contributed by atoms with E-state index in [-0.39, 0.29) is 0 Å². The van der Waals surface area contributed by atoms with Crippen LogP contribution >= 0.6 is 0 Å². The molecule has 1 N–H and O–H groups in total. The lowest BCUT2D eigenvalue weighted by atomic mass is 10.0. The van der Waals surface area contributed by atoms with Gasteiger partial charge in [0.1, 0.15) is 5.75 Å². The van der Waals surface area contributed by atoms with Crippen LogP contribution in [0.15, 0.2) is 24.3 Å². The van der Waals surface area contributed by atoms with Crippen LogP contribution in [0.2, 0.25) is 0 Å². The van der Waals surface area contributed by atoms with E-state index in [1.807, 2.05) is 13.0 Å². The molecular formula is C15H26N2O. The summed E-state index contributed by atoms with van der Waals surface area (Å²) in [5, 5.41) is 3.54. The summed E-state index contributed by atoms with van der Waals surface area (Å²) in [7, 11) is 2.15. The van der Waals surface area contributed by atoms with Crippen molar-refractivity contribution in [2.45, 2.75) is 26.8 Å². The molecule has 0 radical (unpaired) electrons. The SMILES string of the molecule is CCNC(CN(C)CC)c1ccccc1OCC. The second-order valence-corrected chi connectivity index (χ2v) is 4.44. The molecule has 0 amide bonds. The highest BCUT2D eigenvalue weighted by molar-refractivity contribution is 5.36. The fourth-order valence-corrected chi connectivity index (χ4v) is 2.02. The summed E-state index contributed by atoms with van der Waals surface area (Å²) in [5.74, 6) is 0.996. The molecule has 1 unspecified atom stereocenters. The molecule has 3 heteroatoms. The Hall–Kier alpha value is -1.06. The molecule has 18 heavy (non-hydrogen) atoms. The van der Waals surface area contributed by atoms with Gasteiger partial charge in [0, 0.05) is 18.2 Å². The first-order valence-corrected chi connectivity index (χ1v) is 6.86. The summed E-state index contributed by atoms with van der Waals surface area (Å²) >= 11 is 0. The molecule has 0 bridgehead atoms. The summed E-state index contributed by atoms with van der Waals surface area (Å²) in [6, 6.07) is 8.63. The summed E-state index contributed by atoms with van der Waals surface area (Å²) in [5.41, 5.74) is 1.25. The van der Waals surface area contributed by atoms with Gasteiger partial charge in [0.05, 0.1) is 6.61 Å². The standard InChI is InChI=1S/C15H26N2O/c1-5-16-14(12-17(4)6-2)13-10-8-9-11-15(13)18-7-3/h8-11,14,16H,5-7,12H2,1-4H3. The van der Waals surface area contributed by atoms with Crippen LogP contribution in [0.5, 0.6) is 5.75 Å². The highest BCUT2D eigenvalue weighted by atomic mass is 16.5. The number of benzene rings is 1. The summed E-state index contributed by atoms with van der Waals surface area (Å²) in [6.45, 7) is 10.1. The van der Waals surface area contributed by atoms with Crippen molar-refractivity contribution in [1.29, 1.82) is 0 Å². The average molecular weight is 250 g/mol. The van der Waals surface area contributed by atoms with Gasteiger partial charge in [0.25, 0.3) is 0 Å². The topological polar surface area (TPSA) is 24.5 Å². The quantitative estimate of drug-likeness (QED) is 0.767. The third-order valence-corrected chi connectivity index (χ3v) is 3.08. The molecule has 0 aliphatic heterocycles. The van der Waals surface area contributed by atoms with Crippen molar-refractivity contribution in [3.8, 4) is 5.75 Å². The summed E-state index contributed by atoms with van der Waals surface area (Å²) in [6.07, 6.45) is 0. The number of para-hydroxylation sites is 1. The maximum Gasteiger partial charge on any atom is 0.124 e. The van der Waals surface area contributed by atoms with Crippen LogP contribution in [-0.2, 0) is 0 Å². The first kappa shape index (κ1) is 15.0. The van der Waals surface area contributed by atoms with Crippen molar-refractivity contribution in [3.05, 3.63) is 29.8 Å². The average Bonchev–Trinajstić information content (AvgIpc) is 2.39. The Labute approximate surface area is 111 Å². The van der Waals surface area contributed by atoms with Gasteiger partial charge >= 0.3 is 0 Å². The Bertz CT molecular complexity index is 341. The van der Waals surface area contributed by atoms with Gasteiger partial charge in [-0.25, -0.2) is 0 Å². The van der Waals surface area contributed by atoms with Gasteiger partial charge in [0.2, 0.25) is 0 Å². The third kappa shape index (κ3) is 4.31. The molecule has 0 fully saturated rings. The van der Waals surface area contributed by atoms with Gasteiger partial charge < -0.3 is 15.0 Å². The highest BCUT2D eigenvalue weighted by Crippen LogP contribution is 2.25. The molecule has 0 spiro atoms. The molecule has 0 saturated carbocycles. The third-order valence-electron chi connectivity index (χ3n) is 3.08. The lowest BCUT2D eigenvalue weighted by molar-refractivity contribution is 0.292. The van der Waals surface area contributed by atoms with Crippen molar-refractivity contribution >= 4 is 0 Å². The maximum atomic E-state index is 5.72. The van der Waals surface area contributed by atoms with Crippen molar-refractivity contribution in [1.82, 2.24) is 10.2 Å². The van der Waals surface area contributed by atoms with Crippen LogP contribution in [-0.4, -0.2) is 38.2 Å². The normalized spacial score (nSPS) is 12.7. The monoisotopic (exact) mass is 250 g/mol. The Morgan fingerprint density at radius 2 is 1.94 bits per heavy atom. The molecule has 0 heterocycles. The molecule has 3 nitrogen and oxygen atoms in total. The number of likely N-dealkylation sites (N-methyl/N-ethyl adjacent to an activating group) is 2. The van der Waals surface area contributed by atoms with E-state index in [4.69, 9.17) is 4.74 Å². The molecule has 102 valence electrons. The summed E-state index contributed by atoms with van der Waals surface area (Å²) in [4.78, 5) is 2.32. The van der Waals surface area contributed by atoms with Crippen molar-refractivity contribution < 1.29 is 4.74 Å². The number of nitrogens with zero attached hydrogens (tertiary/aromatic N) is 1. The zero-order chi connectivity index (χ0) is 13.4. The predicted molar refractivity (Wildman–Crippen MR) is 77.2 cm³/mol. The Morgan fingerprint density at radius 1 is 1.22 bits per heavy atom. The van der Waals surface area contributed by atoms with Gasteiger partial charge in [0.15, 0.2) is 0 Å². The largest absolute Gasteiger partial charge is 0.494 e. The lowest BCUT2D eigenvalue weighted by Crippen LogP contribution is -2.33. The molecular weight excluding hydrogens is 224 g/mol. The molecule has 1 atom stereocenters. The zero-order valence-electron chi connectivity index (χ0n) is 12.1. The van der Waals surface area contributed by atoms with Crippen LogP contribution in [0.3, 0.4) is 0 Å². The second kappa shape index (κ2) is 8.11. The fourth-order valence-electron chi connectivity index (χ4n) is 2.02. The number of hydrogen-bond acceptors (Lipinski definition) is 3. The molecule has 0 aliphatic carbocycles. The smallest absolute Gasteiger partial charge is 0.124 e. The van der Waals surface area contributed by atoms with E-state index < -0.39 is 0 Å². The van der Waals surface area contributed by atoms with E-state index in [9.17, 15) is 0 Å². The molecule has 1 aromatic rings. The minimum atomic E-state index is 0.322. The Morgan fingerprint density at radius 3 is 2.56 bits per heavy atom. The molecule has 1 aromatic carbocycles. The number of hydrogen-bond donors (Lipinski definition) is 1. The van der Waals surface area contributed by atoms with E-state index in [1.54, 1.807) is 0 Å². The van der Waals surface area contributed by atoms with E-state index in [1.165, 1.54) is 5.56 Å². The molecule has 1 rings (SSSR count). The first-order valence-electron chi connectivity index (χ1n) is 6.86. The Balaban J connectivity index is 2.89. The summed E-state index contributed by atoms with van der Waals surface area (Å²) < 4.78 is 5.72. The van der Waals surface area contributed by atoms with Gasteiger partial charge in [-0.1, -0.05) is 32.0 Å². The van der Waals surface area contributed by atoms with E-state index in [0.29, 0.717) is 12.6 Å². The highest BCUT2D eigenvalue weighted by Gasteiger charge is 2.16. The maximum absolute atomic E-state index is 5.72. The van der Waals surface area contributed by atoms with Crippen LogP contribution in [0.1, 0.15) is 32.4 Å².